The predicted molar refractivity (Wildman–Crippen MR) is 62.1 cm³/mol. The lowest BCUT2D eigenvalue weighted by molar-refractivity contribution is 0.0253. The Morgan fingerprint density at radius 2 is 1.87 bits per heavy atom. The summed E-state index contributed by atoms with van der Waals surface area (Å²) < 4.78 is 5.41. The third-order valence-corrected chi connectivity index (χ3v) is 3.87. The molecule has 0 aromatic rings. The molecule has 2 aliphatic heterocycles. The van der Waals surface area contributed by atoms with E-state index in [2.05, 4.69) is 10.2 Å². The zero-order chi connectivity index (χ0) is 10.5. The molecule has 2 heterocycles. The molecule has 1 unspecified atom stereocenters. The second-order valence-corrected chi connectivity index (χ2v) is 4.81. The van der Waals surface area contributed by atoms with Crippen molar-refractivity contribution < 1.29 is 4.74 Å². The smallest absolute Gasteiger partial charge is 0.0595 e. The Morgan fingerprint density at radius 1 is 1.07 bits per heavy atom. The van der Waals surface area contributed by atoms with Gasteiger partial charge in [0, 0.05) is 26.2 Å². The predicted octanol–water partition coefficient (Wildman–Crippen LogP) is 1.24. The molecule has 0 amide bonds. The molecule has 2 fully saturated rings. The highest BCUT2D eigenvalue weighted by atomic mass is 16.5. The van der Waals surface area contributed by atoms with Crippen molar-refractivity contribution in [3.05, 3.63) is 0 Å². The van der Waals surface area contributed by atoms with Crippen LogP contribution in [0.3, 0.4) is 0 Å². The molecular formula is C12H24N2O. The Bertz CT molecular complexity index is 170. The number of hydrogen-bond donors (Lipinski definition) is 1. The molecule has 0 bridgehead atoms. The van der Waals surface area contributed by atoms with Crippen LogP contribution in [0, 0.1) is 0 Å². The van der Waals surface area contributed by atoms with Crippen molar-refractivity contribution in [1.82, 2.24) is 10.2 Å². The summed E-state index contributed by atoms with van der Waals surface area (Å²) in [5, 5.41) is 3.48. The van der Waals surface area contributed by atoms with E-state index in [-0.39, 0.29) is 0 Å². The van der Waals surface area contributed by atoms with Gasteiger partial charge in [-0.1, -0.05) is 0 Å². The van der Waals surface area contributed by atoms with Gasteiger partial charge in [0.05, 0.1) is 6.10 Å². The second kappa shape index (κ2) is 5.83. The fraction of sp³-hybridized carbons (Fsp3) is 1.00. The molecule has 1 atom stereocenters. The monoisotopic (exact) mass is 212 g/mol. The molecule has 2 aliphatic rings. The number of methoxy groups -OCH3 is 1. The largest absolute Gasteiger partial charge is 0.381 e. The summed E-state index contributed by atoms with van der Waals surface area (Å²) in [5.41, 5.74) is 0. The van der Waals surface area contributed by atoms with Crippen molar-refractivity contribution in [1.29, 1.82) is 0 Å². The van der Waals surface area contributed by atoms with E-state index < -0.39 is 0 Å². The topological polar surface area (TPSA) is 24.5 Å². The Labute approximate surface area is 93.2 Å². The Balaban J connectivity index is 1.78. The van der Waals surface area contributed by atoms with Crippen LogP contribution in [-0.4, -0.2) is 50.3 Å². The van der Waals surface area contributed by atoms with E-state index in [0.717, 1.165) is 6.04 Å². The van der Waals surface area contributed by atoms with E-state index in [1.807, 2.05) is 7.11 Å². The molecule has 0 aliphatic carbocycles. The third kappa shape index (κ3) is 3.16. The van der Waals surface area contributed by atoms with Crippen LogP contribution in [0.4, 0.5) is 0 Å². The molecule has 0 radical (unpaired) electrons. The van der Waals surface area contributed by atoms with E-state index in [0.29, 0.717) is 6.10 Å². The van der Waals surface area contributed by atoms with Crippen molar-refractivity contribution in [2.75, 3.05) is 33.3 Å². The van der Waals surface area contributed by atoms with Crippen molar-refractivity contribution in [3.8, 4) is 0 Å². The lowest BCUT2D eigenvalue weighted by Gasteiger charge is -2.36. The zero-order valence-electron chi connectivity index (χ0n) is 9.87. The van der Waals surface area contributed by atoms with Gasteiger partial charge in [0.2, 0.25) is 0 Å². The first kappa shape index (κ1) is 11.4. The summed E-state index contributed by atoms with van der Waals surface area (Å²) in [7, 11) is 1.84. The van der Waals surface area contributed by atoms with Crippen molar-refractivity contribution in [3.63, 3.8) is 0 Å². The molecule has 2 saturated heterocycles. The van der Waals surface area contributed by atoms with Gasteiger partial charge in [0.25, 0.3) is 0 Å². The van der Waals surface area contributed by atoms with Crippen LogP contribution in [0.5, 0.6) is 0 Å². The van der Waals surface area contributed by atoms with E-state index >= 15 is 0 Å². The first-order valence-corrected chi connectivity index (χ1v) is 6.37. The Hall–Kier alpha value is -0.120. The summed E-state index contributed by atoms with van der Waals surface area (Å²) in [4.78, 5) is 2.68. The van der Waals surface area contributed by atoms with Gasteiger partial charge in [-0.2, -0.15) is 0 Å². The summed E-state index contributed by atoms with van der Waals surface area (Å²) in [6.45, 7) is 4.90. The van der Waals surface area contributed by atoms with Gasteiger partial charge in [0.15, 0.2) is 0 Å². The molecule has 2 rings (SSSR count). The lowest BCUT2D eigenvalue weighted by atomic mass is 10.0. The number of ether oxygens (including phenoxy) is 1. The van der Waals surface area contributed by atoms with Crippen LogP contribution in [-0.2, 0) is 4.74 Å². The number of rotatable bonds is 2. The van der Waals surface area contributed by atoms with Crippen LogP contribution in [0.25, 0.3) is 0 Å². The number of nitrogens with one attached hydrogen (secondary N) is 1. The minimum absolute atomic E-state index is 0.519. The molecule has 15 heavy (non-hydrogen) atoms. The number of piperidine rings is 1. The van der Waals surface area contributed by atoms with Gasteiger partial charge >= 0.3 is 0 Å². The standard InChI is InChI=1S/C12H24N2O/c1-15-12-5-9-14(10-6-12)11-3-2-7-13-8-4-11/h11-13H,2-10H2,1H3. The van der Waals surface area contributed by atoms with Gasteiger partial charge in [-0.15, -0.1) is 0 Å². The second-order valence-electron chi connectivity index (χ2n) is 4.81. The van der Waals surface area contributed by atoms with Gasteiger partial charge in [-0.3, -0.25) is 0 Å². The van der Waals surface area contributed by atoms with Crippen molar-refractivity contribution in [2.45, 2.75) is 44.2 Å². The number of hydrogen-bond acceptors (Lipinski definition) is 3. The summed E-state index contributed by atoms with van der Waals surface area (Å²) in [6.07, 6.45) is 7.02. The van der Waals surface area contributed by atoms with Gasteiger partial charge in [0.1, 0.15) is 0 Å². The van der Waals surface area contributed by atoms with Crippen LogP contribution in [0.1, 0.15) is 32.1 Å². The molecule has 0 aromatic carbocycles. The quantitative estimate of drug-likeness (QED) is 0.745. The molecule has 1 N–H and O–H groups in total. The van der Waals surface area contributed by atoms with Crippen molar-refractivity contribution in [2.24, 2.45) is 0 Å². The fourth-order valence-corrected chi connectivity index (χ4v) is 2.84. The van der Waals surface area contributed by atoms with Gasteiger partial charge < -0.3 is 15.0 Å². The Kier molecular flexibility index (Phi) is 4.42. The molecule has 88 valence electrons. The average Bonchev–Trinajstić information content (AvgIpc) is 2.58. The highest BCUT2D eigenvalue weighted by Gasteiger charge is 2.25. The van der Waals surface area contributed by atoms with Crippen LogP contribution < -0.4 is 5.32 Å². The van der Waals surface area contributed by atoms with Crippen LogP contribution in [0.2, 0.25) is 0 Å². The van der Waals surface area contributed by atoms with E-state index in [1.165, 1.54) is 58.3 Å². The average molecular weight is 212 g/mol. The van der Waals surface area contributed by atoms with E-state index in [9.17, 15) is 0 Å². The number of nitrogens with zero attached hydrogens (tertiary/aromatic N) is 1. The number of likely N-dealkylation sites (tertiary alicyclic amines) is 1. The first-order valence-electron chi connectivity index (χ1n) is 6.37. The highest BCUT2D eigenvalue weighted by Crippen LogP contribution is 2.20. The molecule has 0 saturated carbocycles. The maximum atomic E-state index is 5.41. The molecule has 0 spiro atoms. The molecule has 0 aromatic heterocycles. The summed E-state index contributed by atoms with van der Waals surface area (Å²) >= 11 is 0. The maximum absolute atomic E-state index is 5.41. The van der Waals surface area contributed by atoms with Gasteiger partial charge in [-0.05, 0) is 45.2 Å². The fourth-order valence-electron chi connectivity index (χ4n) is 2.84. The first-order chi connectivity index (χ1) is 7.40. The van der Waals surface area contributed by atoms with Crippen molar-refractivity contribution >= 4 is 0 Å². The van der Waals surface area contributed by atoms with Crippen LogP contribution >= 0.6 is 0 Å². The lowest BCUT2D eigenvalue weighted by Crippen LogP contribution is -2.43. The van der Waals surface area contributed by atoms with E-state index in [1.54, 1.807) is 0 Å². The molecule has 3 nitrogen and oxygen atoms in total. The maximum Gasteiger partial charge on any atom is 0.0595 e. The van der Waals surface area contributed by atoms with Gasteiger partial charge in [-0.25, -0.2) is 0 Å². The normalized spacial score (nSPS) is 31.4. The van der Waals surface area contributed by atoms with Crippen LogP contribution in [0.15, 0.2) is 0 Å². The summed E-state index contributed by atoms with van der Waals surface area (Å²) in [6, 6.07) is 0.831. The molecule has 3 heteroatoms. The minimum atomic E-state index is 0.519. The SMILES string of the molecule is COC1CCN(C2CCCNCC2)CC1. The third-order valence-electron chi connectivity index (χ3n) is 3.87. The Morgan fingerprint density at radius 3 is 2.60 bits per heavy atom. The zero-order valence-corrected chi connectivity index (χ0v) is 9.87. The minimum Gasteiger partial charge on any atom is -0.381 e. The molecular weight excluding hydrogens is 188 g/mol. The highest BCUT2D eigenvalue weighted by molar-refractivity contribution is 4.81. The summed E-state index contributed by atoms with van der Waals surface area (Å²) in [5.74, 6) is 0. The van der Waals surface area contributed by atoms with E-state index in [4.69, 9.17) is 4.74 Å².